The molecule has 0 aliphatic carbocycles. The van der Waals surface area contributed by atoms with Crippen LogP contribution < -0.4 is 4.90 Å². The van der Waals surface area contributed by atoms with E-state index in [0.29, 0.717) is 32.6 Å². The summed E-state index contributed by atoms with van der Waals surface area (Å²) in [6.07, 6.45) is -2.15. The van der Waals surface area contributed by atoms with Gasteiger partial charge in [-0.05, 0) is 34.5 Å². The number of anilines is 1. The molecular weight excluding hydrogens is 389 g/mol. The van der Waals surface area contributed by atoms with E-state index in [2.05, 4.69) is 25.8 Å². The molecular formula is C15H18BrF3N4O. The van der Waals surface area contributed by atoms with Gasteiger partial charge in [-0.15, -0.1) is 0 Å². The molecule has 0 spiro atoms. The van der Waals surface area contributed by atoms with Crippen LogP contribution in [0.3, 0.4) is 0 Å². The van der Waals surface area contributed by atoms with Gasteiger partial charge in [-0.2, -0.15) is 13.2 Å². The minimum atomic E-state index is -4.34. The van der Waals surface area contributed by atoms with Crippen molar-refractivity contribution in [1.82, 2.24) is 14.8 Å². The van der Waals surface area contributed by atoms with Crippen molar-refractivity contribution < 1.29 is 18.0 Å². The summed E-state index contributed by atoms with van der Waals surface area (Å²) in [5, 5.41) is 0. The van der Waals surface area contributed by atoms with Crippen molar-refractivity contribution >= 4 is 27.7 Å². The molecule has 2 fully saturated rings. The van der Waals surface area contributed by atoms with Crippen molar-refractivity contribution in [3.05, 3.63) is 22.8 Å². The third-order valence-electron chi connectivity index (χ3n) is 4.43. The quantitative estimate of drug-likeness (QED) is 0.770. The molecule has 1 aromatic rings. The molecule has 3 heterocycles. The van der Waals surface area contributed by atoms with Crippen LogP contribution in [0.15, 0.2) is 22.8 Å². The normalized spacial score (nSPS) is 23.2. The van der Waals surface area contributed by atoms with Crippen molar-refractivity contribution in [3.63, 3.8) is 0 Å². The maximum atomic E-state index is 12.5. The minimum Gasteiger partial charge on any atom is -0.353 e. The van der Waals surface area contributed by atoms with Crippen LogP contribution in [0.25, 0.3) is 0 Å². The largest absolute Gasteiger partial charge is 0.406 e. The molecule has 2 saturated heterocycles. The van der Waals surface area contributed by atoms with Crippen LogP contribution in [0.5, 0.6) is 0 Å². The number of pyridine rings is 1. The molecule has 1 atom stereocenters. The lowest BCUT2D eigenvalue weighted by Gasteiger charge is -2.38. The monoisotopic (exact) mass is 406 g/mol. The Balaban J connectivity index is 1.58. The van der Waals surface area contributed by atoms with Gasteiger partial charge >= 0.3 is 6.18 Å². The first-order valence-electron chi connectivity index (χ1n) is 7.80. The zero-order valence-corrected chi connectivity index (χ0v) is 14.6. The molecule has 0 N–H and O–H groups in total. The van der Waals surface area contributed by atoms with E-state index in [1.54, 1.807) is 6.20 Å². The Morgan fingerprint density at radius 1 is 1.21 bits per heavy atom. The average Bonchev–Trinajstić information content (AvgIpc) is 2.87. The topological polar surface area (TPSA) is 39.7 Å². The fourth-order valence-corrected chi connectivity index (χ4v) is 3.80. The number of alkyl halides is 3. The molecule has 1 amide bonds. The van der Waals surface area contributed by atoms with E-state index in [0.717, 1.165) is 15.2 Å². The lowest BCUT2D eigenvalue weighted by molar-refractivity contribution is -0.159. The van der Waals surface area contributed by atoms with Crippen molar-refractivity contribution in [2.24, 2.45) is 0 Å². The number of nitrogens with zero attached hydrogens (tertiary/aromatic N) is 4. The molecule has 0 saturated carbocycles. The van der Waals surface area contributed by atoms with E-state index < -0.39 is 24.7 Å². The Labute approximate surface area is 146 Å². The lowest BCUT2D eigenvalue weighted by atomic mass is 10.2. The molecule has 9 heteroatoms. The Hall–Kier alpha value is -1.35. The number of rotatable bonds is 3. The number of hydrogen-bond acceptors (Lipinski definition) is 4. The first-order valence-corrected chi connectivity index (χ1v) is 8.59. The van der Waals surface area contributed by atoms with Crippen LogP contribution in [-0.2, 0) is 4.79 Å². The predicted octanol–water partition coefficient (Wildman–Crippen LogP) is 2.13. The number of piperazine rings is 1. The third kappa shape index (κ3) is 3.83. The van der Waals surface area contributed by atoms with Gasteiger partial charge in [0.15, 0.2) is 0 Å². The van der Waals surface area contributed by atoms with Crippen LogP contribution in [0.4, 0.5) is 19.0 Å². The van der Waals surface area contributed by atoms with E-state index in [1.807, 2.05) is 17.0 Å². The molecule has 132 valence electrons. The second-order valence-corrected chi connectivity index (χ2v) is 6.87. The zero-order chi connectivity index (χ0) is 17.3. The maximum Gasteiger partial charge on any atom is 0.406 e. The molecule has 2 aliphatic rings. The summed E-state index contributed by atoms with van der Waals surface area (Å²) < 4.78 is 38.4. The van der Waals surface area contributed by atoms with Gasteiger partial charge in [-0.1, -0.05) is 0 Å². The number of aromatic nitrogens is 1. The van der Waals surface area contributed by atoms with E-state index in [9.17, 15) is 18.0 Å². The molecule has 0 radical (unpaired) electrons. The lowest BCUT2D eigenvalue weighted by Crippen LogP contribution is -2.53. The third-order valence-corrected chi connectivity index (χ3v) is 5.05. The van der Waals surface area contributed by atoms with Gasteiger partial charge in [0.25, 0.3) is 0 Å². The number of likely N-dealkylation sites (tertiary alicyclic amines) is 1. The highest BCUT2D eigenvalue weighted by atomic mass is 79.9. The van der Waals surface area contributed by atoms with Crippen LogP contribution in [0.1, 0.15) is 6.42 Å². The Morgan fingerprint density at radius 3 is 2.54 bits per heavy atom. The van der Waals surface area contributed by atoms with E-state index in [-0.39, 0.29) is 6.54 Å². The molecule has 2 aliphatic heterocycles. The fraction of sp³-hybridized carbons (Fsp3) is 0.600. The molecule has 0 aromatic carbocycles. The summed E-state index contributed by atoms with van der Waals surface area (Å²) in [6.45, 7) is 1.69. The minimum absolute atomic E-state index is 0.176. The van der Waals surface area contributed by atoms with Crippen LogP contribution in [-0.4, -0.2) is 72.2 Å². The smallest absolute Gasteiger partial charge is 0.353 e. The van der Waals surface area contributed by atoms with Gasteiger partial charge in [0.1, 0.15) is 12.4 Å². The van der Waals surface area contributed by atoms with Crippen LogP contribution in [0, 0.1) is 0 Å². The molecule has 24 heavy (non-hydrogen) atoms. The Morgan fingerprint density at radius 2 is 1.92 bits per heavy atom. The second-order valence-electron chi connectivity index (χ2n) is 6.01. The fourth-order valence-electron chi connectivity index (χ4n) is 3.29. The summed E-state index contributed by atoms with van der Waals surface area (Å²) in [5.74, 6) is 0.452. The summed E-state index contributed by atoms with van der Waals surface area (Å²) in [4.78, 5) is 21.6. The van der Waals surface area contributed by atoms with E-state index in [4.69, 9.17) is 0 Å². The van der Waals surface area contributed by atoms with Gasteiger partial charge in [-0.3, -0.25) is 9.69 Å². The maximum absolute atomic E-state index is 12.5. The highest BCUT2D eigenvalue weighted by molar-refractivity contribution is 9.10. The van der Waals surface area contributed by atoms with Crippen molar-refractivity contribution in [2.75, 3.05) is 44.2 Å². The molecule has 0 bridgehead atoms. The van der Waals surface area contributed by atoms with E-state index in [1.165, 1.54) is 0 Å². The highest BCUT2D eigenvalue weighted by Crippen LogP contribution is 2.27. The summed E-state index contributed by atoms with van der Waals surface area (Å²) in [7, 11) is 0. The van der Waals surface area contributed by atoms with Crippen LogP contribution >= 0.6 is 15.9 Å². The summed E-state index contributed by atoms with van der Waals surface area (Å²) >= 11 is 3.47. The standard InChI is InChI=1S/C15H18BrF3N4O/c16-11-2-1-4-20-13(11)22-8-6-21(7-9-22)12-3-5-23(14(12)24)10-15(17,18)19/h1-2,4,12H,3,5-10H2. The summed E-state index contributed by atoms with van der Waals surface area (Å²) in [6, 6.07) is 3.34. The predicted molar refractivity (Wildman–Crippen MR) is 86.8 cm³/mol. The van der Waals surface area contributed by atoms with Gasteiger partial charge < -0.3 is 9.80 Å². The number of halogens is 4. The number of carbonyl (C=O) groups is 1. The van der Waals surface area contributed by atoms with Crippen molar-refractivity contribution in [2.45, 2.75) is 18.6 Å². The Kier molecular flexibility index (Phi) is 5.00. The number of carbonyl (C=O) groups excluding carboxylic acids is 1. The zero-order valence-electron chi connectivity index (χ0n) is 13.0. The van der Waals surface area contributed by atoms with Gasteiger partial charge in [0.2, 0.25) is 5.91 Å². The summed E-state index contributed by atoms with van der Waals surface area (Å²) in [5.41, 5.74) is 0. The molecule has 1 aromatic heterocycles. The Bertz CT molecular complexity index is 605. The van der Waals surface area contributed by atoms with Gasteiger partial charge in [-0.25, -0.2) is 4.98 Å². The van der Waals surface area contributed by atoms with Crippen LogP contribution in [0.2, 0.25) is 0 Å². The van der Waals surface area contributed by atoms with Gasteiger partial charge in [0, 0.05) is 38.9 Å². The molecule has 1 unspecified atom stereocenters. The number of amides is 1. The molecule has 3 rings (SSSR count). The van der Waals surface area contributed by atoms with Crippen molar-refractivity contribution in [3.8, 4) is 0 Å². The second kappa shape index (κ2) is 6.87. The first-order chi connectivity index (χ1) is 11.3. The SMILES string of the molecule is O=C1C(N2CCN(c3ncccc3Br)CC2)CCN1CC(F)(F)F. The highest BCUT2D eigenvalue weighted by Gasteiger charge is 2.42. The first kappa shape index (κ1) is 17.5. The van der Waals surface area contributed by atoms with Gasteiger partial charge in [0.05, 0.1) is 10.5 Å². The average molecular weight is 407 g/mol. The molecule has 5 nitrogen and oxygen atoms in total. The van der Waals surface area contributed by atoms with Crippen molar-refractivity contribution in [1.29, 1.82) is 0 Å². The number of hydrogen-bond donors (Lipinski definition) is 0. The van der Waals surface area contributed by atoms with E-state index >= 15 is 0 Å².